The topological polar surface area (TPSA) is 21.3 Å². The standard InChI is InChI=1S/C15H23NO/c1-11-4-7-14(8-5-11)13(3)16-10-15-9-6-12(2)17-15/h4-5,7-8,12-13,15-16H,6,9-10H2,1-3H3/t12?,13-,15?/m0/s1. The fraction of sp³-hybridized carbons (Fsp3) is 0.600. The predicted molar refractivity (Wildman–Crippen MR) is 71.2 cm³/mol. The fourth-order valence-electron chi connectivity index (χ4n) is 2.32. The molecule has 2 rings (SSSR count). The molecule has 1 aliphatic rings. The van der Waals surface area contributed by atoms with Crippen LogP contribution in [0.25, 0.3) is 0 Å². The first-order chi connectivity index (χ1) is 8.15. The van der Waals surface area contributed by atoms with Gasteiger partial charge >= 0.3 is 0 Å². The van der Waals surface area contributed by atoms with Crippen LogP contribution in [0.5, 0.6) is 0 Å². The summed E-state index contributed by atoms with van der Waals surface area (Å²) in [6.45, 7) is 7.45. The van der Waals surface area contributed by atoms with Crippen molar-refractivity contribution in [2.75, 3.05) is 6.54 Å². The number of nitrogens with one attached hydrogen (secondary N) is 1. The van der Waals surface area contributed by atoms with Crippen LogP contribution in [0, 0.1) is 6.92 Å². The van der Waals surface area contributed by atoms with Gasteiger partial charge < -0.3 is 10.1 Å². The molecule has 1 aromatic rings. The van der Waals surface area contributed by atoms with Gasteiger partial charge in [0.05, 0.1) is 12.2 Å². The average molecular weight is 233 g/mol. The van der Waals surface area contributed by atoms with E-state index in [4.69, 9.17) is 4.74 Å². The van der Waals surface area contributed by atoms with Crippen LogP contribution >= 0.6 is 0 Å². The normalized spacial score (nSPS) is 26.1. The second-order valence-corrected chi connectivity index (χ2v) is 5.19. The van der Waals surface area contributed by atoms with Gasteiger partial charge in [0.1, 0.15) is 0 Å². The van der Waals surface area contributed by atoms with Crippen molar-refractivity contribution < 1.29 is 4.74 Å². The molecule has 1 N–H and O–H groups in total. The molecule has 1 heterocycles. The fourth-order valence-corrected chi connectivity index (χ4v) is 2.32. The minimum Gasteiger partial charge on any atom is -0.374 e. The molecule has 0 aromatic heterocycles. The number of hydrogen-bond acceptors (Lipinski definition) is 2. The minimum absolute atomic E-state index is 0.398. The van der Waals surface area contributed by atoms with Crippen molar-refractivity contribution >= 4 is 0 Å². The molecule has 3 atom stereocenters. The molecule has 0 aliphatic carbocycles. The van der Waals surface area contributed by atoms with Crippen LogP contribution in [0.4, 0.5) is 0 Å². The van der Waals surface area contributed by atoms with Gasteiger partial charge in [-0.2, -0.15) is 0 Å². The van der Waals surface area contributed by atoms with E-state index in [-0.39, 0.29) is 0 Å². The molecule has 0 saturated carbocycles. The molecule has 2 nitrogen and oxygen atoms in total. The molecular weight excluding hydrogens is 210 g/mol. The Morgan fingerprint density at radius 2 is 2.00 bits per heavy atom. The first kappa shape index (κ1) is 12.6. The summed E-state index contributed by atoms with van der Waals surface area (Å²) >= 11 is 0. The molecular formula is C15H23NO. The first-order valence-corrected chi connectivity index (χ1v) is 6.60. The highest BCUT2D eigenvalue weighted by Crippen LogP contribution is 2.19. The summed E-state index contributed by atoms with van der Waals surface area (Å²) in [7, 11) is 0. The largest absolute Gasteiger partial charge is 0.374 e. The van der Waals surface area contributed by atoms with E-state index in [2.05, 4.69) is 50.4 Å². The molecule has 0 radical (unpaired) electrons. The van der Waals surface area contributed by atoms with Crippen LogP contribution in [0.15, 0.2) is 24.3 Å². The monoisotopic (exact) mass is 233 g/mol. The van der Waals surface area contributed by atoms with Crippen LogP contribution < -0.4 is 5.32 Å². The molecule has 1 aliphatic heterocycles. The molecule has 0 bridgehead atoms. The van der Waals surface area contributed by atoms with Crippen molar-refractivity contribution in [1.82, 2.24) is 5.32 Å². The van der Waals surface area contributed by atoms with Crippen molar-refractivity contribution in [3.8, 4) is 0 Å². The number of ether oxygens (including phenoxy) is 1. The van der Waals surface area contributed by atoms with Crippen LogP contribution in [-0.4, -0.2) is 18.8 Å². The van der Waals surface area contributed by atoms with Gasteiger partial charge in [-0.1, -0.05) is 29.8 Å². The maximum Gasteiger partial charge on any atom is 0.0704 e. The predicted octanol–water partition coefficient (Wildman–Crippen LogP) is 3.21. The SMILES string of the molecule is Cc1ccc([C@H](C)NCC2CCC(C)O2)cc1. The van der Waals surface area contributed by atoms with Gasteiger partial charge in [0.2, 0.25) is 0 Å². The lowest BCUT2D eigenvalue weighted by Crippen LogP contribution is -2.29. The molecule has 94 valence electrons. The third-order valence-corrected chi connectivity index (χ3v) is 3.55. The van der Waals surface area contributed by atoms with Gasteiger partial charge in [-0.25, -0.2) is 0 Å². The third kappa shape index (κ3) is 3.55. The Morgan fingerprint density at radius 1 is 1.29 bits per heavy atom. The summed E-state index contributed by atoms with van der Waals surface area (Å²) in [6.07, 6.45) is 3.23. The lowest BCUT2D eigenvalue weighted by Gasteiger charge is -2.18. The van der Waals surface area contributed by atoms with Crippen molar-refractivity contribution in [2.24, 2.45) is 0 Å². The van der Waals surface area contributed by atoms with E-state index in [1.807, 2.05) is 0 Å². The average Bonchev–Trinajstić information content (AvgIpc) is 2.73. The molecule has 1 aromatic carbocycles. The van der Waals surface area contributed by atoms with Crippen LogP contribution in [0.1, 0.15) is 43.9 Å². The highest BCUT2D eigenvalue weighted by molar-refractivity contribution is 5.23. The summed E-state index contributed by atoms with van der Waals surface area (Å²) in [5, 5.41) is 3.56. The Balaban J connectivity index is 1.81. The van der Waals surface area contributed by atoms with Crippen LogP contribution in [0.2, 0.25) is 0 Å². The Morgan fingerprint density at radius 3 is 2.59 bits per heavy atom. The highest BCUT2D eigenvalue weighted by atomic mass is 16.5. The van der Waals surface area contributed by atoms with Gasteiger partial charge in [0, 0.05) is 12.6 Å². The molecule has 1 fully saturated rings. The van der Waals surface area contributed by atoms with E-state index < -0.39 is 0 Å². The number of benzene rings is 1. The molecule has 1 saturated heterocycles. The lowest BCUT2D eigenvalue weighted by molar-refractivity contribution is 0.0546. The maximum atomic E-state index is 5.80. The Labute approximate surface area is 104 Å². The Hall–Kier alpha value is -0.860. The van der Waals surface area contributed by atoms with Crippen molar-refractivity contribution in [1.29, 1.82) is 0 Å². The zero-order chi connectivity index (χ0) is 12.3. The number of aryl methyl sites for hydroxylation is 1. The quantitative estimate of drug-likeness (QED) is 0.862. The maximum absolute atomic E-state index is 5.80. The number of hydrogen-bond donors (Lipinski definition) is 1. The second kappa shape index (κ2) is 5.65. The van der Waals surface area contributed by atoms with Gasteiger partial charge in [0.25, 0.3) is 0 Å². The smallest absolute Gasteiger partial charge is 0.0704 e. The van der Waals surface area contributed by atoms with Gasteiger partial charge in [-0.05, 0) is 39.2 Å². The highest BCUT2D eigenvalue weighted by Gasteiger charge is 2.21. The van der Waals surface area contributed by atoms with E-state index >= 15 is 0 Å². The van der Waals surface area contributed by atoms with Gasteiger partial charge in [0.15, 0.2) is 0 Å². The van der Waals surface area contributed by atoms with E-state index in [1.165, 1.54) is 24.0 Å². The van der Waals surface area contributed by atoms with Crippen molar-refractivity contribution in [2.45, 2.75) is 51.9 Å². The molecule has 0 spiro atoms. The van der Waals surface area contributed by atoms with Crippen molar-refractivity contribution in [3.05, 3.63) is 35.4 Å². The van der Waals surface area contributed by atoms with Crippen LogP contribution in [0.3, 0.4) is 0 Å². The zero-order valence-electron chi connectivity index (χ0n) is 11.1. The third-order valence-electron chi connectivity index (χ3n) is 3.55. The Kier molecular flexibility index (Phi) is 4.19. The van der Waals surface area contributed by atoms with E-state index in [0.29, 0.717) is 18.2 Å². The molecule has 17 heavy (non-hydrogen) atoms. The summed E-state index contributed by atoms with van der Waals surface area (Å²) in [5.41, 5.74) is 2.66. The van der Waals surface area contributed by atoms with E-state index in [1.54, 1.807) is 0 Å². The second-order valence-electron chi connectivity index (χ2n) is 5.19. The van der Waals surface area contributed by atoms with Crippen molar-refractivity contribution in [3.63, 3.8) is 0 Å². The summed E-state index contributed by atoms with van der Waals surface area (Å²) in [4.78, 5) is 0. The molecule has 2 unspecified atom stereocenters. The van der Waals surface area contributed by atoms with E-state index in [9.17, 15) is 0 Å². The van der Waals surface area contributed by atoms with Gasteiger partial charge in [-0.3, -0.25) is 0 Å². The van der Waals surface area contributed by atoms with Crippen LogP contribution in [-0.2, 0) is 4.74 Å². The van der Waals surface area contributed by atoms with Gasteiger partial charge in [-0.15, -0.1) is 0 Å². The molecule has 2 heteroatoms. The number of rotatable bonds is 4. The lowest BCUT2D eigenvalue weighted by atomic mass is 10.1. The Bertz CT molecular complexity index is 346. The summed E-state index contributed by atoms with van der Waals surface area (Å²) in [5.74, 6) is 0. The minimum atomic E-state index is 0.398. The zero-order valence-corrected chi connectivity index (χ0v) is 11.1. The summed E-state index contributed by atoms with van der Waals surface area (Å²) in [6, 6.07) is 9.13. The van der Waals surface area contributed by atoms with E-state index in [0.717, 1.165) is 6.54 Å². The first-order valence-electron chi connectivity index (χ1n) is 6.60. The summed E-state index contributed by atoms with van der Waals surface area (Å²) < 4.78 is 5.80. The molecule has 0 amide bonds.